The molecule has 176 valence electrons. The predicted molar refractivity (Wildman–Crippen MR) is 131 cm³/mol. The number of rotatable bonds is 13. The van der Waals surface area contributed by atoms with Crippen molar-refractivity contribution in [2.24, 2.45) is 0 Å². The lowest BCUT2D eigenvalue weighted by atomic mass is 9.98. The average molecular weight is 479 g/mol. The van der Waals surface area contributed by atoms with Crippen LogP contribution in [0.15, 0.2) is 77.7 Å². The minimum atomic E-state index is -1.11. The molecule has 0 atom stereocenters. The summed E-state index contributed by atoms with van der Waals surface area (Å²) in [5.74, 6) is -0.836. The van der Waals surface area contributed by atoms with E-state index in [1.807, 2.05) is 18.2 Å². The third-order valence-corrected chi connectivity index (χ3v) is 6.21. The molecule has 6 nitrogen and oxygen atoms in total. The quantitative estimate of drug-likeness (QED) is 0.188. The highest BCUT2D eigenvalue weighted by atomic mass is 32.2. The van der Waals surface area contributed by atoms with Gasteiger partial charge in [0.2, 0.25) is 0 Å². The van der Waals surface area contributed by atoms with Crippen LogP contribution in [0, 0.1) is 0 Å². The van der Waals surface area contributed by atoms with Crippen molar-refractivity contribution < 1.29 is 29.3 Å². The van der Waals surface area contributed by atoms with Crippen LogP contribution in [0.3, 0.4) is 0 Å². The predicted octanol–water partition coefficient (Wildman–Crippen LogP) is 5.58. The van der Waals surface area contributed by atoms with Crippen LogP contribution in [-0.2, 0) is 11.2 Å². The van der Waals surface area contributed by atoms with E-state index in [9.17, 15) is 19.5 Å². The Balaban J connectivity index is 1.63. The summed E-state index contributed by atoms with van der Waals surface area (Å²) < 4.78 is 5.92. The van der Waals surface area contributed by atoms with Gasteiger partial charge in [-0.2, -0.15) is 0 Å². The van der Waals surface area contributed by atoms with Crippen LogP contribution < -0.4 is 4.74 Å². The molecule has 3 aromatic carbocycles. The van der Waals surface area contributed by atoms with Gasteiger partial charge in [0.05, 0.1) is 12.2 Å². The van der Waals surface area contributed by atoms with Gasteiger partial charge < -0.3 is 14.9 Å². The van der Waals surface area contributed by atoms with Crippen LogP contribution in [0.4, 0.5) is 0 Å². The van der Waals surface area contributed by atoms with Crippen molar-refractivity contribution >= 4 is 29.5 Å². The molecule has 0 spiro atoms. The molecular weight excluding hydrogens is 452 g/mol. The van der Waals surface area contributed by atoms with Crippen LogP contribution in [0.1, 0.15) is 51.1 Å². The van der Waals surface area contributed by atoms with Crippen molar-refractivity contribution in [2.75, 3.05) is 12.4 Å². The molecule has 0 radical (unpaired) electrons. The molecule has 7 heteroatoms. The van der Waals surface area contributed by atoms with Crippen LogP contribution in [0.2, 0.25) is 0 Å². The molecule has 0 aliphatic carbocycles. The van der Waals surface area contributed by atoms with Gasteiger partial charge in [0.25, 0.3) is 0 Å². The topological polar surface area (TPSA) is 101 Å². The molecule has 0 saturated heterocycles. The highest BCUT2D eigenvalue weighted by Crippen LogP contribution is 2.25. The van der Waals surface area contributed by atoms with E-state index in [1.54, 1.807) is 36.0 Å². The summed E-state index contributed by atoms with van der Waals surface area (Å²) in [5.41, 5.74) is 1.28. The van der Waals surface area contributed by atoms with Gasteiger partial charge in [-0.15, -0.1) is 11.8 Å². The Morgan fingerprint density at radius 3 is 2.26 bits per heavy atom. The fourth-order valence-corrected chi connectivity index (χ4v) is 4.29. The zero-order valence-electron chi connectivity index (χ0n) is 18.6. The van der Waals surface area contributed by atoms with E-state index >= 15 is 0 Å². The normalized spacial score (nSPS) is 10.6. The Kier molecular flexibility index (Phi) is 9.29. The number of hydrogen-bond acceptors (Lipinski definition) is 5. The van der Waals surface area contributed by atoms with Gasteiger partial charge >= 0.3 is 11.9 Å². The number of ether oxygens (including phenoxy) is 1. The zero-order chi connectivity index (χ0) is 24.3. The first-order valence-corrected chi connectivity index (χ1v) is 12.0. The van der Waals surface area contributed by atoms with Gasteiger partial charge in [-0.25, -0.2) is 4.79 Å². The number of carboxylic acid groups (broad SMARTS) is 2. The Hall–Kier alpha value is -3.58. The number of carbonyl (C=O) groups is 3. The molecule has 34 heavy (non-hydrogen) atoms. The van der Waals surface area contributed by atoms with E-state index in [-0.39, 0.29) is 29.8 Å². The number of carboxylic acids is 2. The molecule has 0 fully saturated rings. The monoisotopic (exact) mass is 478 g/mol. The Bertz CT molecular complexity index is 1140. The summed E-state index contributed by atoms with van der Waals surface area (Å²) in [4.78, 5) is 36.5. The lowest BCUT2D eigenvalue weighted by Gasteiger charge is -2.13. The third kappa shape index (κ3) is 7.49. The van der Waals surface area contributed by atoms with Gasteiger partial charge in [-0.3, -0.25) is 9.59 Å². The molecule has 0 unspecified atom stereocenters. The van der Waals surface area contributed by atoms with Crippen molar-refractivity contribution in [3.8, 4) is 5.75 Å². The van der Waals surface area contributed by atoms with E-state index in [1.165, 1.54) is 23.1 Å². The standard InChI is InChI=1S/C27H26O6S/c28-25(29)14-12-19-17-21(26(30)20-7-6-8-22(18-20)27(31)32)11-13-24(19)33-15-4-5-16-34-23-9-2-1-3-10-23/h1-3,6-11,13,17-18H,4-5,12,14-16H2,(H,28,29)(H,31,32). The Morgan fingerprint density at radius 2 is 1.53 bits per heavy atom. The minimum Gasteiger partial charge on any atom is -0.493 e. The number of hydrogen-bond donors (Lipinski definition) is 2. The summed E-state index contributed by atoms with van der Waals surface area (Å²) in [6.07, 6.45) is 1.96. The molecule has 3 aromatic rings. The summed E-state index contributed by atoms with van der Waals surface area (Å²) in [6.45, 7) is 0.489. The summed E-state index contributed by atoms with van der Waals surface area (Å²) >= 11 is 1.79. The largest absolute Gasteiger partial charge is 0.493 e. The molecule has 0 amide bonds. The molecule has 3 rings (SSSR count). The molecule has 0 aliphatic heterocycles. The maximum Gasteiger partial charge on any atom is 0.335 e. The van der Waals surface area contributed by atoms with Gasteiger partial charge in [0, 0.05) is 22.4 Å². The lowest BCUT2D eigenvalue weighted by molar-refractivity contribution is -0.136. The van der Waals surface area contributed by atoms with Gasteiger partial charge in [-0.05, 0) is 73.0 Å². The minimum absolute atomic E-state index is 0.0299. The van der Waals surface area contributed by atoms with Crippen LogP contribution >= 0.6 is 11.8 Å². The first kappa shape index (κ1) is 25.1. The van der Waals surface area contributed by atoms with Crippen LogP contribution in [0.25, 0.3) is 0 Å². The highest BCUT2D eigenvalue weighted by Gasteiger charge is 2.15. The van der Waals surface area contributed by atoms with E-state index < -0.39 is 11.9 Å². The Labute approximate surface area is 202 Å². The number of thioether (sulfide) groups is 1. The first-order valence-electron chi connectivity index (χ1n) is 11.0. The molecule has 0 aromatic heterocycles. The van der Waals surface area contributed by atoms with Gasteiger partial charge in [0.1, 0.15) is 5.75 Å². The first-order chi connectivity index (χ1) is 16.4. The summed E-state index contributed by atoms with van der Waals surface area (Å²) in [7, 11) is 0. The van der Waals surface area contributed by atoms with Crippen molar-refractivity contribution in [2.45, 2.75) is 30.6 Å². The molecular formula is C27H26O6S. The fraction of sp³-hybridized carbons (Fsp3) is 0.222. The maximum atomic E-state index is 12.9. The van der Waals surface area contributed by atoms with E-state index in [2.05, 4.69) is 12.1 Å². The van der Waals surface area contributed by atoms with Gasteiger partial charge in [0.15, 0.2) is 5.78 Å². The SMILES string of the molecule is O=C(O)CCc1cc(C(=O)c2cccc(C(=O)O)c2)ccc1OCCCCSc1ccccc1. The van der Waals surface area contributed by atoms with Crippen molar-refractivity contribution in [1.82, 2.24) is 0 Å². The fourth-order valence-electron chi connectivity index (χ4n) is 3.35. The van der Waals surface area contributed by atoms with Gasteiger partial charge in [-0.1, -0.05) is 30.3 Å². The highest BCUT2D eigenvalue weighted by molar-refractivity contribution is 7.99. The van der Waals surface area contributed by atoms with Crippen LogP contribution in [0.5, 0.6) is 5.75 Å². The number of ketones is 1. The molecule has 0 bridgehead atoms. The lowest BCUT2D eigenvalue weighted by Crippen LogP contribution is -2.07. The van der Waals surface area contributed by atoms with E-state index in [0.29, 0.717) is 23.5 Å². The summed E-state index contributed by atoms with van der Waals surface area (Å²) in [5, 5.41) is 18.3. The molecule has 2 N–H and O–H groups in total. The second-order valence-electron chi connectivity index (χ2n) is 7.65. The third-order valence-electron chi connectivity index (χ3n) is 5.11. The number of unbranched alkanes of at least 4 members (excludes halogenated alkanes) is 1. The van der Waals surface area contributed by atoms with E-state index in [4.69, 9.17) is 9.84 Å². The van der Waals surface area contributed by atoms with Crippen LogP contribution in [-0.4, -0.2) is 40.3 Å². The second-order valence-corrected chi connectivity index (χ2v) is 8.82. The Morgan fingerprint density at radius 1 is 0.794 bits per heavy atom. The van der Waals surface area contributed by atoms with Crippen molar-refractivity contribution in [3.05, 3.63) is 95.1 Å². The molecule has 0 heterocycles. The number of carbonyl (C=O) groups excluding carboxylic acids is 1. The number of aromatic carboxylic acids is 1. The molecule has 0 saturated carbocycles. The molecule has 0 aliphatic rings. The summed E-state index contributed by atoms with van der Waals surface area (Å²) in [6, 6.07) is 21.0. The number of aryl methyl sites for hydroxylation is 1. The zero-order valence-corrected chi connectivity index (χ0v) is 19.4. The van der Waals surface area contributed by atoms with Crippen molar-refractivity contribution in [1.29, 1.82) is 0 Å². The second kappa shape index (κ2) is 12.6. The van der Waals surface area contributed by atoms with E-state index in [0.717, 1.165) is 18.6 Å². The van der Waals surface area contributed by atoms with Crippen molar-refractivity contribution in [3.63, 3.8) is 0 Å². The number of aliphatic carboxylic acids is 1. The maximum absolute atomic E-state index is 12.9. The average Bonchev–Trinajstić information content (AvgIpc) is 2.85. The number of benzene rings is 3. The smallest absolute Gasteiger partial charge is 0.335 e.